The van der Waals surface area contributed by atoms with Crippen LogP contribution in [0.3, 0.4) is 0 Å². The summed E-state index contributed by atoms with van der Waals surface area (Å²) < 4.78 is 0. The summed E-state index contributed by atoms with van der Waals surface area (Å²) in [6.07, 6.45) is 1.22. The quantitative estimate of drug-likeness (QED) is 0.783. The Bertz CT molecular complexity index is 359. The normalized spacial score (nSPS) is 20.5. The zero-order valence-corrected chi connectivity index (χ0v) is 8.86. The minimum absolute atomic E-state index is 0.0162. The van der Waals surface area contributed by atoms with Crippen LogP contribution in [0.25, 0.3) is 0 Å². The second kappa shape index (κ2) is 3.71. The Morgan fingerprint density at radius 1 is 1.79 bits per heavy atom. The molecule has 0 fully saturated rings. The van der Waals surface area contributed by atoms with E-state index in [1.54, 1.807) is 11.3 Å². The highest BCUT2D eigenvalue weighted by Crippen LogP contribution is 2.32. The molecule has 1 aliphatic heterocycles. The summed E-state index contributed by atoms with van der Waals surface area (Å²) in [7, 11) is 0. The van der Waals surface area contributed by atoms with Gasteiger partial charge < -0.3 is 10.4 Å². The maximum absolute atomic E-state index is 10.7. The maximum Gasteiger partial charge on any atom is 0.305 e. The topological polar surface area (TPSA) is 49.3 Å². The fraction of sp³-hybridized carbons (Fsp3) is 0.500. The van der Waals surface area contributed by atoms with Crippen molar-refractivity contribution in [2.75, 3.05) is 6.54 Å². The molecular formula is C10H13NO2S. The van der Waals surface area contributed by atoms with Gasteiger partial charge in [0.1, 0.15) is 0 Å². The molecule has 3 nitrogen and oxygen atoms in total. The number of aryl methyl sites for hydroxylation is 1. The van der Waals surface area contributed by atoms with Gasteiger partial charge in [-0.25, -0.2) is 0 Å². The minimum atomic E-state index is -0.735. The van der Waals surface area contributed by atoms with Gasteiger partial charge in [-0.15, -0.1) is 11.3 Å². The second-order valence-electron chi connectivity index (χ2n) is 3.61. The van der Waals surface area contributed by atoms with E-state index in [9.17, 15) is 4.79 Å². The van der Waals surface area contributed by atoms with Crippen LogP contribution in [0.15, 0.2) is 5.38 Å². The van der Waals surface area contributed by atoms with Gasteiger partial charge in [-0.3, -0.25) is 4.79 Å². The summed E-state index contributed by atoms with van der Waals surface area (Å²) in [6, 6.07) is 0.0162. The molecule has 1 aromatic heterocycles. The van der Waals surface area contributed by atoms with Crippen LogP contribution in [0.1, 0.15) is 28.5 Å². The van der Waals surface area contributed by atoms with E-state index >= 15 is 0 Å². The van der Waals surface area contributed by atoms with E-state index in [0.29, 0.717) is 0 Å². The molecule has 2 N–H and O–H groups in total. The Labute approximate surface area is 86.8 Å². The van der Waals surface area contributed by atoms with Gasteiger partial charge >= 0.3 is 5.97 Å². The van der Waals surface area contributed by atoms with Crippen LogP contribution in [-0.2, 0) is 11.2 Å². The van der Waals surface area contributed by atoms with Gasteiger partial charge in [-0.1, -0.05) is 0 Å². The molecule has 0 aliphatic carbocycles. The third kappa shape index (κ3) is 1.67. The Kier molecular flexibility index (Phi) is 2.56. The second-order valence-corrected chi connectivity index (χ2v) is 4.57. The van der Waals surface area contributed by atoms with Crippen molar-refractivity contribution in [1.29, 1.82) is 0 Å². The number of nitrogens with one attached hydrogen (secondary N) is 1. The van der Waals surface area contributed by atoms with Crippen molar-refractivity contribution in [2.45, 2.75) is 25.8 Å². The highest BCUT2D eigenvalue weighted by Gasteiger charge is 2.24. The number of hydrogen-bond donors (Lipinski definition) is 2. The first-order chi connectivity index (χ1) is 6.68. The number of fused-ring (bicyclic) bond motifs is 1. The molecule has 76 valence electrons. The van der Waals surface area contributed by atoms with Crippen molar-refractivity contribution < 1.29 is 9.90 Å². The molecule has 0 aromatic carbocycles. The van der Waals surface area contributed by atoms with E-state index in [-0.39, 0.29) is 12.5 Å². The smallest absolute Gasteiger partial charge is 0.305 e. The standard InChI is InChI=1S/C10H13NO2S/c1-6-5-14-8-2-3-11-7(10(6)8)4-9(12)13/h5,7,11H,2-4H2,1H3,(H,12,13). The van der Waals surface area contributed by atoms with E-state index in [1.165, 1.54) is 16.0 Å². The van der Waals surface area contributed by atoms with Gasteiger partial charge in [-0.2, -0.15) is 0 Å². The minimum Gasteiger partial charge on any atom is -0.481 e. The summed E-state index contributed by atoms with van der Waals surface area (Å²) in [5.41, 5.74) is 2.45. The number of aliphatic carboxylic acids is 1. The van der Waals surface area contributed by atoms with Crippen molar-refractivity contribution in [3.8, 4) is 0 Å². The third-order valence-corrected chi connectivity index (χ3v) is 3.75. The molecular weight excluding hydrogens is 198 g/mol. The van der Waals surface area contributed by atoms with Gasteiger partial charge in [-0.05, 0) is 29.9 Å². The molecule has 2 heterocycles. The predicted octanol–water partition coefficient (Wildman–Crippen LogP) is 1.72. The van der Waals surface area contributed by atoms with Gasteiger partial charge in [0.2, 0.25) is 0 Å². The molecule has 1 unspecified atom stereocenters. The van der Waals surface area contributed by atoms with Crippen LogP contribution in [0.4, 0.5) is 0 Å². The van der Waals surface area contributed by atoms with Crippen molar-refractivity contribution >= 4 is 17.3 Å². The van der Waals surface area contributed by atoms with Crippen LogP contribution >= 0.6 is 11.3 Å². The fourth-order valence-corrected chi connectivity index (χ4v) is 3.08. The molecule has 0 amide bonds. The molecule has 14 heavy (non-hydrogen) atoms. The zero-order valence-electron chi connectivity index (χ0n) is 8.04. The summed E-state index contributed by atoms with van der Waals surface area (Å²) in [5.74, 6) is -0.735. The predicted molar refractivity (Wildman–Crippen MR) is 55.8 cm³/mol. The third-order valence-electron chi connectivity index (χ3n) is 2.57. The van der Waals surface area contributed by atoms with Crippen LogP contribution in [0.5, 0.6) is 0 Å². The number of carbonyl (C=O) groups is 1. The van der Waals surface area contributed by atoms with Gasteiger partial charge in [0, 0.05) is 17.5 Å². The summed E-state index contributed by atoms with van der Waals surface area (Å²) >= 11 is 1.75. The SMILES string of the molecule is Cc1csc2c1C(CC(=O)O)NCC2. The first kappa shape index (κ1) is 9.68. The van der Waals surface area contributed by atoms with Crippen molar-refractivity contribution in [3.63, 3.8) is 0 Å². The van der Waals surface area contributed by atoms with Crippen molar-refractivity contribution in [3.05, 3.63) is 21.4 Å². The molecule has 0 radical (unpaired) electrons. The molecule has 1 atom stereocenters. The van der Waals surface area contributed by atoms with Crippen LogP contribution in [0.2, 0.25) is 0 Å². The van der Waals surface area contributed by atoms with E-state index in [0.717, 1.165) is 13.0 Å². The number of thiophene rings is 1. The van der Waals surface area contributed by atoms with E-state index in [2.05, 4.69) is 17.6 Å². The lowest BCUT2D eigenvalue weighted by atomic mass is 9.96. The number of carboxylic acid groups (broad SMARTS) is 1. The highest BCUT2D eigenvalue weighted by molar-refractivity contribution is 7.10. The van der Waals surface area contributed by atoms with Gasteiger partial charge in [0.25, 0.3) is 0 Å². The molecule has 1 aromatic rings. The average molecular weight is 211 g/mol. The monoisotopic (exact) mass is 211 g/mol. The lowest BCUT2D eigenvalue weighted by Crippen LogP contribution is -2.30. The molecule has 0 saturated heterocycles. The lowest BCUT2D eigenvalue weighted by Gasteiger charge is -2.23. The average Bonchev–Trinajstić information content (AvgIpc) is 2.48. The molecule has 2 rings (SSSR count). The van der Waals surface area contributed by atoms with Gasteiger partial charge in [0.05, 0.1) is 6.42 Å². The molecule has 0 spiro atoms. The summed E-state index contributed by atoms with van der Waals surface area (Å²) in [5, 5.41) is 14.2. The number of carboxylic acids is 1. The summed E-state index contributed by atoms with van der Waals surface area (Å²) in [6.45, 7) is 2.95. The largest absolute Gasteiger partial charge is 0.481 e. The number of hydrogen-bond acceptors (Lipinski definition) is 3. The molecule has 1 aliphatic rings. The van der Waals surface area contributed by atoms with E-state index < -0.39 is 5.97 Å². The van der Waals surface area contributed by atoms with Crippen molar-refractivity contribution in [2.24, 2.45) is 0 Å². The molecule has 0 bridgehead atoms. The Hall–Kier alpha value is -0.870. The Morgan fingerprint density at radius 3 is 3.29 bits per heavy atom. The Balaban J connectivity index is 2.29. The first-order valence-electron chi connectivity index (χ1n) is 4.70. The zero-order chi connectivity index (χ0) is 10.1. The lowest BCUT2D eigenvalue weighted by molar-refractivity contribution is -0.137. The van der Waals surface area contributed by atoms with E-state index in [4.69, 9.17) is 5.11 Å². The van der Waals surface area contributed by atoms with Crippen LogP contribution < -0.4 is 5.32 Å². The fourth-order valence-electron chi connectivity index (χ4n) is 1.98. The Morgan fingerprint density at radius 2 is 2.57 bits per heavy atom. The molecule has 0 saturated carbocycles. The number of rotatable bonds is 2. The maximum atomic E-state index is 10.7. The summed E-state index contributed by atoms with van der Waals surface area (Å²) in [4.78, 5) is 12.0. The highest BCUT2D eigenvalue weighted by atomic mass is 32.1. The van der Waals surface area contributed by atoms with E-state index in [1.807, 2.05) is 0 Å². The van der Waals surface area contributed by atoms with Crippen LogP contribution in [0, 0.1) is 6.92 Å². The van der Waals surface area contributed by atoms with Crippen LogP contribution in [-0.4, -0.2) is 17.6 Å². The first-order valence-corrected chi connectivity index (χ1v) is 5.58. The van der Waals surface area contributed by atoms with Gasteiger partial charge in [0.15, 0.2) is 0 Å². The molecule has 4 heteroatoms. The van der Waals surface area contributed by atoms with Crippen molar-refractivity contribution in [1.82, 2.24) is 5.32 Å².